The molecule has 1 aromatic heterocycles. The van der Waals surface area contributed by atoms with Crippen LogP contribution < -0.4 is 5.32 Å². The molecule has 0 fully saturated rings. The molecular formula is C11H9BrN2O2. The summed E-state index contributed by atoms with van der Waals surface area (Å²) in [7, 11) is 0. The lowest BCUT2D eigenvalue weighted by atomic mass is 9.99. The van der Waals surface area contributed by atoms with E-state index < -0.39 is 6.04 Å². The minimum Gasteiger partial charge on any atom is -0.380 e. The van der Waals surface area contributed by atoms with Gasteiger partial charge < -0.3 is 5.32 Å². The SMILES string of the molecule is O=C1C=CNC(C(=O)c2ccncc2Br)C1. The Morgan fingerprint density at radius 3 is 3.06 bits per heavy atom. The third kappa shape index (κ3) is 2.19. The Hall–Kier alpha value is -1.49. The zero-order valence-electron chi connectivity index (χ0n) is 8.31. The number of carbonyl (C=O) groups is 2. The summed E-state index contributed by atoms with van der Waals surface area (Å²) in [6.45, 7) is 0. The fourth-order valence-electron chi connectivity index (χ4n) is 1.52. The van der Waals surface area contributed by atoms with E-state index >= 15 is 0 Å². The van der Waals surface area contributed by atoms with Gasteiger partial charge in [0.25, 0.3) is 0 Å². The molecule has 0 spiro atoms. The molecule has 4 nitrogen and oxygen atoms in total. The van der Waals surface area contributed by atoms with Crippen LogP contribution in [0.25, 0.3) is 0 Å². The third-order valence-electron chi connectivity index (χ3n) is 2.33. The monoisotopic (exact) mass is 280 g/mol. The van der Waals surface area contributed by atoms with Gasteiger partial charge in [0.2, 0.25) is 0 Å². The zero-order valence-corrected chi connectivity index (χ0v) is 9.90. The minimum atomic E-state index is -0.476. The first kappa shape index (κ1) is 11.0. The van der Waals surface area contributed by atoms with Gasteiger partial charge in [0.15, 0.2) is 11.6 Å². The van der Waals surface area contributed by atoms with Gasteiger partial charge in [-0.25, -0.2) is 0 Å². The van der Waals surface area contributed by atoms with Crippen molar-refractivity contribution in [3.8, 4) is 0 Å². The molecule has 1 atom stereocenters. The molecule has 82 valence electrons. The Morgan fingerprint density at radius 2 is 2.38 bits per heavy atom. The molecule has 0 radical (unpaired) electrons. The first-order valence-electron chi connectivity index (χ1n) is 4.77. The summed E-state index contributed by atoms with van der Waals surface area (Å²) >= 11 is 3.26. The average Bonchev–Trinajstić information content (AvgIpc) is 2.29. The summed E-state index contributed by atoms with van der Waals surface area (Å²) in [5.41, 5.74) is 0.538. The Bertz CT molecular complexity index is 471. The van der Waals surface area contributed by atoms with Crippen molar-refractivity contribution in [2.45, 2.75) is 12.5 Å². The second-order valence-electron chi connectivity index (χ2n) is 3.44. The molecule has 1 unspecified atom stereocenters. The highest BCUT2D eigenvalue weighted by atomic mass is 79.9. The summed E-state index contributed by atoms with van der Waals surface area (Å²) in [5.74, 6) is -0.144. The van der Waals surface area contributed by atoms with Crippen molar-refractivity contribution < 1.29 is 9.59 Å². The maximum absolute atomic E-state index is 12.1. The van der Waals surface area contributed by atoms with Crippen LogP contribution in [0.1, 0.15) is 16.8 Å². The van der Waals surface area contributed by atoms with Crippen LogP contribution in [0, 0.1) is 0 Å². The summed E-state index contributed by atoms with van der Waals surface area (Å²) in [6, 6.07) is 1.16. The fraction of sp³-hybridized carbons (Fsp3) is 0.182. The number of Topliss-reactive ketones (excluding diaryl/α,β-unsaturated/α-hetero) is 1. The van der Waals surface area contributed by atoms with E-state index in [-0.39, 0.29) is 18.0 Å². The van der Waals surface area contributed by atoms with Crippen molar-refractivity contribution in [1.29, 1.82) is 0 Å². The van der Waals surface area contributed by atoms with Crippen molar-refractivity contribution in [3.63, 3.8) is 0 Å². The van der Waals surface area contributed by atoms with Gasteiger partial charge in [-0.3, -0.25) is 14.6 Å². The molecule has 2 heterocycles. The molecule has 1 N–H and O–H groups in total. The van der Waals surface area contributed by atoms with Gasteiger partial charge in [-0.05, 0) is 28.1 Å². The molecule has 0 bridgehead atoms. The van der Waals surface area contributed by atoms with Crippen LogP contribution in [0.15, 0.2) is 35.2 Å². The third-order valence-corrected chi connectivity index (χ3v) is 2.96. The first-order valence-corrected chi connectivity index (χ1v) is 5.57. The Labute approximate surface area is 101 Å². The maximum Gasteiger partial charge on any atom is 0.186 e. The normalized spacial score (nSPS) is 19.3. The van der Waals surface area contributed by atoms with Crippen LogP contribution in [0.4, 0.5) is 0 Å². The maximum atomic E-state index is 12.1. The number of allylic oxidation sites excluding steroid dienone is 1. The van der Waals surface area contributed by atoms with E-state index in [1.54, 1.807) is 18.5 Å². The molecule has 1 aliphatic rings. The van der Waals surface area contributed by atoms with E-state index in [9.17, 15) is 9.59 Å². The van der Waals surface area contributed by atoms with E-state index in [1.807, 2.05) is 0 Å². The van der Waals surface area contributed by atoms with Crippen molar-refractivity contribution in [3.05, 3.63) is 40.8 Å². The van der Waals surface area contributed by atoms with E-state index in [2.05, 4.69) is 26.2 Å². The number of pyridine rings is 1. The molecule has 0 aliphatic carbocycles. The smallest absolute Gasteiger partial charge is 0.186 e. The van der Waals surface area contributed by atoms with E-state index in [0.717, 1.165) is 0 Å². The predicted molar refractivity (Wildman–Crippen MR) is 62.0 cm³/mol. The molecular weight excluding hydrogens is 272 g/mol. The van der Waals surface area contributed by atoms with Crippen LogP contribution in [0.3, 0.4) is 0 Å². The largest absolute Gasteiger partial charge is 0.380 e. The van der Waals surface area contributed by atoms with Gasteiger partial charge in [-0.2, -0.15) is 0 Å². The summed E-state index contributed by atoms with van der Waals surface area (Å²) in [4.78, 5) is 27.1. The van der Waals surface area contributed by atoms with Crippen molar-refractivity contribution >= 4 is 27.5 Å². The quantitative estimate of drug-likeness (QED) is 0.834. The lowest BCUT2D eigenvalue weighted by Gasteiger charge is -2.18. The van der Waals surface area contributed by atoms with Crippen LogP contribution in [-0.2, 0) is 4.79 Å². The Morgan fingerprint density at radius 1 is 1.56 bits per heavy atom. The second-order valence-corrected chi connectivity index (χ2v) is 4.30. The number of ketones is 2. The zero-order chi connectivity index (χ0) is 11.5. The Balaban J connectivity index is 2.23. The standard InChI is InChI=1S/C11H9BrN2O2/c12-9-6-13-3-2-8(9)11(16)10-5-7(15)1-4-14-10/h1-4,6,10,14H,5H2. The van der Waals surface area contributed by atoms with Gasteiger partial charge in [0, 0.05) is 35.1 Å². The number of aromatic nitrogens is 1. The summed E-state index contributed by atoms with van der Waals surface area (Å²) in [6.07, 6.45) is 6.27. The van der Waals surface area contributed by atoms with Crippen molar-refractivity contribution in [2.24, 2.45) is 0 Å². The van der Waals surface area contributed by atoms with E-state index in [4.69, 9.17) is 0 Å². The highest BCUT2D eigenvalue weighted by molar-refractivity contribution is 9.10. The number of carbonyl (C=O) groups excluding carboxylic acids is 2. The topological polar surface area (TPSA) is 59.1 Å². The number of nitrogens with zero attached hydrogens (tertiary/aromatic N) is 1. The lowest BCUT2D eigenvalue weighted by molar-refractivity contribution is -0.115. The van der Waals surface area contributed by atoms with Crippen LogP contribution in [0.5, 0.6) is 0 Å². The van der Waals surface area contributed by atoms with Crippen molar-refractivity contribution in [1.82, 2.24) is 10.3 Å². The molecule has 1 aromatic rings. The lowest BCUT2D eigenvalue weighted by Crippen LogP contribution is -2.38. The van der Waals surface area contributed by atoms with E-state index in [1.165, 1.54) is 12.3 Å². The summed E-state index contributed by atoms with van der Waals surface area (Å²) in [5, 5.41) is 2.88. The molecule has 0 saturated heterocycles. The van der Waals surface area contributed by atoms with Crippen LogP contribution in [-0.4, -0.2) is 22.6 Å². The number of nitrogens with one attached hydrogen (secondary N) is 1. The molecule has 5 heteroatoms. The molecule has 0 saturated carbocycles. The first-order chi connectivity index (χ1) is 7.68. The van der Waals surface area contributed by atoms with Crippen molar-refractivity contribution in [2.75, 3.05) is 0 Å². The average molecular weight is 281 g/mol. The van der Waals surface area contributed by atoms with Gasteiger partial charge >= 0.3 is 0 Å². The van der Waals surface area contributed by atoms with Gasteiger partial charge in [-0.1, -0.05) is 0 Å². The molecule has 0 amide bonds. The summed E-state index contributed by atoms with van der Waals surface area (Å²) < 4.78 is 0.642. The Kier molecular flexibility index (Phi) is 3.14. The molecule has 0 aromatic carbocycles. The highest BCUT2D eigenvalue weighted by Gasteiger charge is 2.24. The van der Waals surface area contributed by atoms with Gasteiger partial charge in [0.1, 0.15) is 0 Å². The predicted octanol–water partition coefficient (Wildman–Crippen LogP) is 1.47. The minimum absolute atomic E-state index is 0.0396. The molecule has 2 rings (SSSR count). The number of halogens is 1. The van der Waals surface area contributed by atoms with Crippen LogP contribution >= 0.6 is 15.9 Å². The highest BCUT2D eigenvalue weighted by Crippen LogP contribution is 2.18. The van der Waals surface area contributed by atoms with E-state index in [0.29, 0.717) is 10.0 Å². The number of hydrogen-bond donors (Lipinski definition) is 1. The second kappa shape index (κ2) is 4.57. The number of rotatable bonds is 2. The van der Waals surface area contributed by atoms with Crippen LogP contribution in [0.2, 0.25) is 0 Å². The molecule has 16 heavy (non-hydrogen) atoms. The van der Waals surface area contributed by atoms with Gasteiger partial charge in [-0.15, -0.1) is 0 Å². The molecule has 1 aliphatic heterocycles. The van der Waals surface area contributed by atoms with Gasteiger partial charge in [0.05, 0.1) is 6.04 Å². The fourth-order valence-corrected chi connectivity index (χ4v) is 1.96. The number of hydrogen-bond acceptors (Lipinski definition) is 4.